The molecule has 0 aromatic carbocycles. The first-order valence-electron chi connectivity index (χ1n) is 5.88. The monoisotopic (exact) mass is 218 g/mol. The minimum Gasteiger partial charge on any atom is -0.378 e. The van der Waals surface area contributed by atoms with Crippen LogP contribution in [0.5, 0.6) is 0 Å². The minimum absolute atomic E-state index is 0.336. The molecule has 14 heavy (non-hydrogen) atoms. The third-order valence-corrected chi connectivity index (χ3v) is 3.92. The minimum atomic E-state index is 0.336. The van der Waals surface area contributed by atoms with Gasteiger partial charge in [0.1, 0.15) is 0 Å². The highest BCUT2D eigenvalue weighted by Crippen LogP contribution is 2.32. The van der Waals surface area contributed by atoms with Crippen molar-refractivity contribution in [1.29, 1.82) is 0 Å². The first kappa shape index (κ1) is 12.3. The number of hydrogen-bond donors (Lipinski definition) is 0. The van der Waals surface area contributed by atoms with Crippen molar-refractivity contribution in [1.82, 2.24) is 0 Å². The maximum Gasteiger partial charge on any atom is 0.0576 e. The van der Waals surface area contributed by atoms with Crippen LogP contribution in [0, 0.1) is 5.41 Å². The van der Waals surface area contributed by atoms with Gasteiger partial charge in [-0.2, -0.15) is 0 Å². The third kappa shape index (κ3) is 3.78. The fraction of sp³-hybridized carbons (Fsp3) is 1.00. The van der Waals surface area contributed by atoms with Crippen molar-refractivity contribution in [3.05, 3.63) is 0 Å². The van der Waals surface area contributed by atoms with Gasteiger partial charge in [0.15, 0.2) is 0 Å². The standard InChI is InChI=1S/C12H23ClO/c1-3-7-12(2,10-13)8-6-11-5-4-9-14-11/h11H,3-10H2,1-2H3. The van der Waals surface area contributed by atoms with Crippen molar-refractivity contribution < 1.29 is 4.74 Å². The van der Waals surface area contributed by atoms with E-state index in [4.69, 9.17) is 16.3 Å². The molecule has 1 nitrogen and oxygen atoms in total. The van der Waals surface area contributed by atoms with Gasteiger partial charge in [0.05, 0.1) is 6.10 Å². The van der Waals surface area contributed by atoms with Crippen molar-refractivity contribution in [2.45, 2.75) is 58.5 Å². The van der Waals surface area contributed by atoms with Crippen molar-refractivity contribution in [3.8, 4) is 0 Å². The van der Waals surface area contributed by atoms with E-state index in [0.29, 0.717) is 11.5 Å². The Morgan fingerprint density at radius 3 is 2.71 bits per heavy atom. The summed E-state index contributed by atoms with van der Waals surface area (Å²) < 4.78 is 5.63. The van der Waals surface area contributed by atoms with Crippen LogP contribution < -0.4 is 0 Å². The summed E-state index contributed by atoms with van der Waals surface area (Å²) in [5, 5.41) is 0. The molecule has 1 aliphatic heterocycles. The van der Waals surface area contributed by atoms with E-state index in [9.17, 15) is 0 Å². The molecule has 1 fully saturated rings. The Morgan fingerprint density at radius 1 is 1.43 bits per heavy atom. The van der Waals surface area contributed by atoms with Crippen LogP contribution in [-0.4, -0.2) is 18.6 Å². The van der Waals surface area contributed by atoms with Gasteiger partial charge in [0.2, 0.25) is 0 Å². The van der Waals surface area contributed by atoms with E-state index in [0.717, 1.165) is 12.5 Å². The Morgan fingerprint density at radius 2 is 2.21 bits per heavy atom. The summed E-state index contributed by atoms with van der Waals surface area (Å²) in [5.74, 6) is 0.785. The zero-order valence-electron chi connectivity index (χ0n) is 9.52. The zero-order chi connectivity index (χ0) is 10.4. The second-order valence-electron chi connectivity index (χ2n) is 4.87. The van der Waals surface area contributed by atoms with Crippen molar-refractivity contribution in [3.63, 3.8) is 0 Å². The molecule has 0 saturated carbocycles. The Bertz CT molecular complexity index is 154. The van der Waals surface area contributed by atoms with Crippen LogP contribution in [0.4, 0.5) is 0 Å². The smallest absolute Gasteiger partial charge is 0.0576 e. The van der Waals surface area contributed by atoms with Gasteiger partial charge in [-0.3, -0.25) is 0 Å². The molecular formula is C12H23ClO. The summed E-state index contributed by atoms with van der Waals surface area (Å²) in [7, 11) is 0. The molecule has 0 spiro atoms. The molecule has 0 N–H and O–H groups in total. The number of rotatable bonds is 6. The summed E-state index contributed by atoms with van der Waals surface area (Å²) in [4.78, 5) is 0. The van der Waals surface area contributed by atoms with Gasteiger partial charge in [-0.15, -0.1) is 11.6 Å². The highest BCUT2D eigenvalue weighted by atomic mass is 35.5. The van der Waals surface area contributed by atoms with Gasteiger partial charge < -0.3 is 4.74 Å². The van der Waals surface area contributed by atoms with E-state index >= 15 is 0 Å². The molecule has 2 heteroatoms. The Kier molecular flexibility index (Phi) is 5.25. The zero-order valence-corrected chi connectivity index (χ0v) is 10.3. The molecule has 0 amide bonds. The highest BCUT2D eigenvalue weighted by Gasteiger charge is 2.25. The lowest BCUT2D eigenvalue weighted by atomic mass is 9.82. The Balaban J connectivity index is 2.25. The Hall–Kier alpha value is 0.250. The fourth-order valence-corrected chi connectivity index (χ4v) is 2.51. The van der Waals surface area contributed by atoms with Crippen LogP contribution in [-0.2, 0) is 4.74 Å². The highest BCUT2D eigenvalue weighted by molar-refractivity contribution is 6.18. The SMILES string of the molecule is CCCC(C)(CCl)CCC1CCCO1. The summed E-state index contributed by atoms with van der Waals surface area (Å²) in [6.07, 6.45) is 7.91. The molecule has 1 aliphatic rings. The van der Waals surface area contributed by atoms with Crippen molar-refractivity contribution >= 4 is 11.6 Å². The van der Waals surface area contributed by atoms with E-state index in [1.54, 1.807) is 0 Å². The van der Waals surface area contributed by atoms with Gasteiger partial charge in [0, 0.05) is 12.5 Å². The number of halogens is 1. The van der Waals surface area contributed by atoms with Gasteiger partial charge in [-0.1, -0.05) is 20.3 Å². The van der Waals surface area contributed by atoms with Gasteiger partial charge in [0.25, 0.3) is 0 Å². The third-order valence-electron chi connectivity index (χ3n) is 3.27. The van der Waals surface area contributed by atoms with E-state index in [1.807, 2.05) is 0 Å². The molecule has 0 radical (unpaired) electrons. The molecule has 2 unspecified atom stereocenters. The molecule has 1 saturated heterocycles. The predicted octanol–water partition coefficient (Wildman–Crippen LogP) is 3.99. The molecule has 84 valence electrons. The van der Waals surface area contributed by atoms with E-state index < -0.39 is 0 Å². The van der Waals surface area contributed by atoms with E-state index in [2.05, 4.69) is 13.8 Å². The summed E-state index contributed by atoms with van der Waals surface area (Å²) in [6.45, 7) is 5.51. The molecule has 0 aliphatic carbocycles. The molecule has 0 aromatic rings. The van der Waals surface area contributed by atoms with E-state index in [1.165, 1.54) is 38.5 Å². The van der Waals surface area contributed by atoms with Crippen LogP contribution in [0.3, 0.4) is 0 Å². The predicted molar refractivity (Wildman–Crippen MR) is 61.9 cm³/mol. The summed E-state index contributed by atoms with van der Waals surface area (Å²) in [5.41, 5.74) is 0.336. The maximum atomic E-state index is 6.03. The largest absolute Gasteiger partial charge is 0.378 e. The second-order valence-corrected chi connectivity index (χ2v) is 5.14. The lowest BCUT2D eigenvalue weighted by molar-refractivity contribution is 0.0908. The van der Waals surface area contributed by atoms with Gasteiger partial charge >= 0.3 is 0 Å². The first-order chi connectivity index (χ1) is 6.70. The molecule has 2 atom stereocenters. The fourth-order valence-electron chi connectivity index (χ4n) is 2.24. The molecule has 1 rings (SSSR count). The van der Waals surface area contributed by atoms with Gasteiger partial charge in [-0.25, -0.2) is 0 Å². The topological polar surface area (TPSA) is 9.23 Å². The molecule has 1 heterocycles. The lowest BCUT2D eigenvalue weighted by Gasteiger charge is -2.27. The van der Waals surface area contributed by atoms with Crippen LogP contribution in [0.25, 0.3) is 0 Å². The lowest BCUT2D eigenvalue weighted by Crippen LogP contribution is -2.21. The maximum absolute atomic E-state index is 6.03. The Labute approximate surface area is 93.2 Å². The molecule has 0 aromatic heterocycles. The summed E-state index contributed by atoms with van der Waals surface area (Å²) in [6, 6.07) is 0. The van der Waals surface area contributed by atoms with Crippen LogP contribution in [0.15, 0.2) is 0 Å². The van der Waals surface area contributed by atoms with Crippen LogP contribution >= 0.6 is 11.6 Å². The summed E-state index contributed by atoms with van der Waals surface area (Å²) >= 11 is 6.03. The second kappa shape index (κ2) is 5.97. The normalized spacial score (nSPS) is 26.4. The molecule has 0 bridgehead atoms. The quantitative estimate of drug-likeness (QED) is 0.613. The van der Waals surface area contributed by atoms with E-state index in [-0.39, 0.29) is 0 Å². The van der Waals surface area contributed by atoms with Crippen LogP contribution in [0.1, 0.15) is 52.4 Å². The number of ether oxygens (including phenoxy) is 1. The number of hydrogen-bond acceptors (Lipinski definition) is 1. The average Bonchev–Trinajstić information content (AvgIpc) is 2.68. The van der Waals surface area contributed by atoms with Gasteiger partial charge in [-0.05, 0) is 37.5 Å². The molecular weight excluding hydrogens is 196 g/mol. The van der Waals surface area contributed by atoms with Crippen molar-refractivity contribution in [2.24, 2.45) is 5.41 Å². The van der Waals surface area contributed by atoms with Crippen molar-refractivity contribution in [2.75, 3.05) is 12.5 Å². The van der Waals surface area contributed by atoms with Crippen LogP contribution in [0.2, 0.25) is 0 Å². The first-order valence-corrected chi connectivity index (χ1v) is 6.41. The number of alkyl halides is 1. The average molecular weight is 219 g/mol.